The first-order chi connectivity index (χ1) is 10.1. The number of benzene rings is 1. The van der Waals surface area contributed by atoms with Crippen LogP contribution < -0.4 is 11.1 Å². The Kier molecular flexibility index (Phi) is 5.41. The van der Waals surface area contributed by atoms with Crippen LogP contribution in [0.4, 0.5) is 0 Å². The molecule has 0 bridgehead atoms. The number of oxime groups is 1. The quantitative estimate of drug-likeness (QED) is 0.329. The molecule has 0 unspecified atom stereocenters. The van der Waals surface area contributed by atoms with Crippen molar-refractivity contribution < 1.29 is 10.0 Å². The predicted molar refractivity (Wildman–Crippen MR) is 81.5 cm³/mol. The minimum atomic E-state index is 0.0145. The van der Waals surface area contributed by atoms with Crippen molar-refractivity contribution in [1.82, 2.24) is 10.2 Å². The highest BCUT2D eigenvalue weighted by atomic mass is 35.5. The highest BCUT2D eigenvalue weighted by Gasteiger charge is 2.17. The molecule has 1 saturated heterocycles. The molecule has 1 aromatic rings. The summed E-state index contributed by atoms with van der Waals surface area (Å²) in [5.41, 5.74) is 6.91. The molecule has 0 aliphatic carbocycles. The Bertz CT molecular complexity index is 542. The van der Waals surface area contributed by atoms with Gasteiger partial charge in [-0.2, -0.15) is 0 Å². The maximum Gasteiger partial charge on any atom is 0.236 e. The number of hydrogen-bond acceptors (Lipinski definition) is 4. The molecule has 4 N–H and O–H groups in total. The fraction of sp³-hybridized carbons (Fsp3) is 0.429. The number of likely N-dealkylation sites (tertiary alicyclic amines) is 1. The fourth-order valence-electron chi connectivity index (χ4n) is 2.29. The molecule has 1 aliphatic rings. The maximum absolute atomic E-state index is 11.9. The van der Waals surface area contributed by atoms with E-state index in [2.05, 4.69) is 10.5 Å². The van der Waals surface area contributed by atoms with E-state index in [-0.39, 0.29) is 11.7 Å². The molecule has 114 valence electrons. The Morgan fingerprint density at radius 1 is 1.43 bits per heavy atom. The molecule has 1 fully saturated rings. The lowest BCUT2D eigenvalue weighted by atomic mass is 10.1. The van der Waals surface area contributed by atoms with Crippen LogP contribution in [-0.4, -0.2) is 41.5 Å². The van der Waals surface area contributed by atoms with Crippen LogP contribution >= 0.6 is 11.6 Å². The van der Waals surface area contributed by atoms with Gasteiger partial charge in [-0.3, -0.25) is 4.79 Å². The minimum Gasteiger partial charge on any atom is -0.409 e. The number of carbonyl (C=O) groups is 1. The van der Waals surface area contributed by atoms with E-state index in [1.807, 2.05) is 4.90 Å². The molecular weight excluding hydrogens is 292 g/mol. The van der Waals surface area contributed by atoms with Gasteiger partial charge < -0.3 is 21.2 Å². The third-order valence-electron chi connectivity index (χ3n) is 3.51. The lowest BCUT2D eigenvalue weighted by Gasteiger charge is -2.15. The summed E-state index contributed by atoms with van der Waals surface area (Å²) in [5, 5.41) is 15.2. The van der Waals surface area contributed by atoms with Crippen molar-refractivity contribution in [3.05, 3.63) is 34.3 Å². The van der Waals surface area contributed by atoms with Gasteiger partial charge in [0.2, 0.25) is 5.91 Å². The summed E-state index contributed by atoms with van der Waals surface area (Å²) < 4.78 is 0. The number of nitrogens with one attached hydrogen (secondary N) is 1. The summed E-state index contributed by atoms with van der Waals surface area (Å²) in [6.45, 7) is 2.51. The van der Waals surface area contributed by atoms with E-state index in [1.54, 1.807) is 18.2 Å². The number of amides is 1. The average Bonchev–Trinajstić information content (AvgIpc) is 3.02. The third-order valence-corrected chi connectivity index (χ3v) is 3.86. The number of carbonyl (C=O) groups excluding carboxylic acids is 1. The molecule has 1 heterocycles. The van der Waals surface area contributed by atoms with Crippen molar-refractivity contribution in [1.29, 1.82) is 0 Å². The molecule has 2 rings (SSSR count). The van der Waals surface area contributed by atoms with E-state index in [1.165, 1.54) is 0 Å². The monoisotopic (exact) mass is 310 g/mol. The van der Waals surface area contributed by atoms with E-state index in [9.17, 15) is 4.79 Å². The van der Waals surface area contributed by atoms with Crippen molar-refractivity contribution >= 4 is 23.3 Å². The van der Waals surface area contributed by atoms with E-state index in [0.29, 0.717) is 23.7 Å². The zero-order chi connectivity index (χ0) is 15.2. The fourth-order valence-corrected chi connectivity index (χ4v) is 2.54. The van der Waals surface area contributed by atoms with Crippen LogP contribution in [0, 0.1) is 0 Å². The van der Waals surface area contributed by atoms with Crippen molar-refractivity contribution in [3.8, 4) is 0 Å². The number of nitrogens with two attached hydrogens (primary N) is 1. The Morgan fingerprint density at radius 2 is 2.14 bits per heavy atom. The number of rotatable bonds is 5. The van der Waals surface area contributed by atoms with Gasteiger partial charge in [0.05, 0.1) is 6.54 Å². The van der Waals surface area contributed by atoms with Gasteiger partial charge in [0, 0.05) is 30.2 Å². The van der Waals surface area contributed by atoms with Gasteiger partial charge in [-0.15, -0.1) is 0 Å². The summed E-state index contributed by atoms with van der Waals surface area (Å²) in [6, 6.07) is 5.15. The first-order valence-corrected chi connectivity index (χ1v) is 7.24. The second-order valence-electron chi connectivity index (χ2n) is 4.98. The summed E-state index contributed by atoms with van der Waals surface area (Å²) in [5.74, 6) is 0.137. The lowest BCUT2D eigenvalue weighted by Crippen LogP contribution is -2.36. The number of nitrogens with zero attached hydrogens (tertiary/aromatic N) is 2. The van der Waals surface area contributed by atoms with E-state index >= 15 is 0 Å². The molecule has 0 aromatic heterocycles. The Morgan fingerprint density at radius 3 is 2.76 bits per heavy atom. The summed E-state index contributed by atoms with van der Waals surface area (Å²) in [4.78, 5) is 13.7. The van der Waals surface area contributed by atoms with Crippen LogP contribution in [0.5, 0.6) is 0 Å². The number of hydrogen-bond donors (Lipinski definition) is 3. The zero-order valence-electron chi connectivity index (χ0n) is 11.7. The molecule has 7 heteroatoms. The van der Waals surface area contributed by atoms with Crippen molar-refractivity contribution in [2.75, 3.05) is 19.6 Å². The van der Waals surface area contributed by atoms with Gasteiger partial charge in [0.15, 0.2) is 5.84 Å². The topological polar surface area (TPSA) is 91.0 Å². The highest BCUT2D eigenvalue weighted by molar-refractivity contribution is 6.31. The number of halogens is 1. The average molecular weight is 311 g/mol. The van der Waals surface area contributed by atoms with Gasteiger partial charge in [0.1, 0.15) is 0 Å². The molecule has 0 radical (unpaired) electrons. The van der Waals surface area contributed by atoms with Crippen molar-refractivity contribution in [2.45, 2.75) is 19.4 Å². The van der Waals surface area contributed by atoms with Crippen LogP contribution in [0.2, 0.25) is 5.02 Å². The summed E-state index contributed by atoms with van der Waals surface area (Å²) >= 11 is 6.15. The second kappa shape index (κ2) is 7.28. The summed E-state index contributed by atoms with van der Waals surface area (Å²) in [6.07, 6.45) is 2.18. The third kappa shape index (κ3) is 4.09. The molecular formula is C14H19ClN4O2. The van der Waals surface area contributed by atoms with Crippen LogP contribution in [0.1, 0.15) is 24.0 Å². The summed E-state index contributed by atoms with van der Waals surface area (Å²) in [7, 11) is 0. The molecule has 1 aromatic carbocycles. The zero-order valence-corrected chi connectivity index (χ0v) is 12.4. The predicted octanol–water partition coefficient (Wildman–Crippen LogP) is 1.15. The second-order valence-corrected chi connectivity index (χ2v) is 5.39. The number of amidine groups is 1. The smallest absolute Gasteiger partial charge is 0.236 e. The van der Waals surface area contributed by atoms with Crippen molar-refractivity contribution in [3.63, 3.8) is 0 Å². The highest BCUT2D eigenvalue weighted by Crippen LogP contribution is 2.17. The Balaban J connectivity index is 1.87. The largest absolute Gasteiger partial charge is 0.409 e. The van der Waals surface area contributed by atoms with Gasteiger partial charge in [-0.25, -0.2) is 0 Å². The van der Waals surface area contributed by atoms with E-state index in [0.717, 1.165) is 31.5 Å². The maximum atomic E-state index is 11.9. The normalized spacial score (nSPS) is 15.5. The van der Waals surface area contributed by atoms with Gasteiger partial charge >= 0.3 is 0 Å². The molecule has 0 atom stereocenters. The van der Waals surface area contributed by atoms with E-state index < -0.39 is 0 Å². The standard InChI is InChI=1S/C14H19ClN4O2/c15-12-7-10(14(16)18-21)3-4-11(12)8-17-9-13(20)19-5-1-2-6-19/h3-4,7,17,21H,1-2,5-6,8-9H2,(H2,16,18). The molecule has 0 spiro atoms. The molecule has 1 aliphatic heterocycles. The minimum absolute atomic E-state index is 0.0145. The van der Waals surface area contributed by atoms with Crippen LogP contribution in [0.3, 0.4) is 0 Å². The van der Waals surface area contributed by atoms with E-state index in [4.69, 9.17) is 22.5 Å². The first kappa shape index (κ1) is 15.6. The lowest BCUT2D eigenvalue weighted by molar-refractivity contribution is -0.129. The molecule has 21 heavy (non-hydrogen) atoms. The van der Waals surface area contributed by atoms with Gasteiger partial charge in [0.25, 0.3) is 0 Å². The molecule has 0 saturated carbocycles. The Hall–Kier alpha value is -1.79. The van der Waals surface area contributed by atoms with Crippen LogP contribution in [0.25, 0.3) is 0 Å². The van der Waals surface area contributed by atoms with Crippen LogP contribution in [0.15, 0.2) is 23.4 Å². The molecule has 1 amide bonds. The van der Waals surface area contributed by atoms with Crippen LogP contribution in [-0.2, 0) is 11.3 Å². The van der Waals surface area contributed by atoms with Gasteiger partial charge in [-0.05, 0) is 24.5 Å². The SMILES string of the molecule is N/C(=N/O)c1ccc(CNCC(=O)N2CCCC2)c(Cl)c1. The van der Waals surface area contributed by atoms with Crippen molar-refractivity contribution in [2.24, 2.45) is 10.9 Å². The first-order valence-electron chi connectivity index (χ1n) is 6.86. The van der Waals surface area contributed by atoms with Gasteiger partial charge in [-0.1, -0.05) is 28.9 Å². The molecule has 6 nitrogen and oxygen atoms in total. The Labute approximate surface area is 128 Å².